The zero-order valence-corrected chi connectivity index (χ0v) is 13.6. The number of hydrogen-bond donors (Lipinski definition) is 1. The number of carbonyl (C=O) groups excluding carboxylic acids is 1. The lowest BCUT2D eigenvalue weighted by atomic mass is 10.1. The van der Waals surface area contributed by atoms with E-state index in [2.05, 4.69) is 10.5 Å². The van der Waals surface area contributed by atoms with E-state index in [0.29, 0.717) is 22.8 Å². The molecule has 0 saturated carbocycles. The second-order valence-corrected chi connectivity index (χ2v) is 5.45. The number of rotatable bonds is 6. The summed E-state index contributed by atoms with van der Waals surface area (Å²) < 4.78 is 24.4. The van der Waals surface area contributed by atoms with Crippen molar-refractivity contribution in [3.8, 4) is 17.1 Å². The van der Waals surface area contributed by atoms with E-state index < -0.39 is 6.10 Å². The summed E-state index contributed by atoms with van der Waals surface area (Å²) in [5.74, 6) is 0.266. The fraction of sp³-hybridized carbons (Fsp3) is 0.158. The molecule has 2 aromatic carbocycles. The van der Waals surface area contributed by atoms with Gasteiger partial charge in [0, 0.05) is 6.07 Å². The highest BCUT2D eigenvalue weighted by molar-refractivity contribution is 5.80. The molecule has 0 unspecified atom stereocenters. The van der Waals surface area contributed by atoms with Crippen LogP contribution in [0.3, 0.4) is 0 Å². The van der Waals surface area contributed by atoms with Crippen LogP contribution in [0.15, 0.2) is 65.2 Å². The fourth-order valence-corrected chi connectivity index (χ4v) is 2.26. The Balaban J connectivity index is 1.57. The van der Waals surface area contributed by atoms with E-state index >= 15 is 0 Å². The number of aromatic nitrogens is 1. The molecule has 1 amide bonds. The highest BCUT2D eigenvalue weighted by Gasteiger charge is 2.16. The molecule has 3 rings (SSSR count). The SMILES string of the molecule is C[C@H](Oc1ccccc1)C(=O)NCc1cc(-c2ccccc2F)on1. The Morgan fingerprint density at radius 2 is 1.92 bits per heavy atom. The van der Waals surface area contributed by atoms with Crippen LogP contribution in [0, 0.1) is 5.82 Å². The van der Waals surface area contributed by atoms with Gasteiger partial charge in [-0.1, -0.05) is 35.5 Å². The van der Waals surface area contributed by atoms with Gasteiger partial charge in [0.25, 0.3) is 5.91 Å². The smallest absolute Gasteiger partial charge is 0.261 e. The van der Waals surface area contributed by atoms with Gasteiger partial charge in [0.05, 0.1) is 12.1 Å². The summed E-state index contributed by atoms with van der Waals surface area (Å²) in [4.78, 5) is 12.1. The van der Waals surface area contributed by atoms with Gasteiger partial charge in [-0.25, -0.2) is 4.39 Å². The zero-order valence-electron chi connectivity index (χ0n) is 13.6. The molecule has 6 heteroatoms. The quantitative estimate of drug-likeness (QED) is 0.745. The number of nitrogens with one attached hydrogen (secondary N) is 1. The summed E-state index contributed by atoms with van der Waals surface area (Å²) in [6.45, 7) is 1.83. The maximum atomic E-state index is 13.7. The van der Waals surface area contributed by atoms with Crippen LogP contribution in [0.4, 0.5) is 4.39 Å². The monoisotopic (exact) mass is 340 g/mol. The van der Waals surface area contributed by atoms with Crippen LogP contribution in [0.5, 0.6) is 5.75 Å². The van der Waals surface area contributed by atoms with E-state index in [1.165, 1.54) is 6.07 Å². The maximum Gasteiger partial charge on any atom is 0.261 e. The Bertz CT molecular complexity index is 849. The number of hydrogen-bond acceptors (Lipinski definition) is 4. The minimum atomic E-state index is -0.652. The van der Waals surface area contributed by atoms with E-state index in [1.807, 2.05) is 18.2 Å². The van der Waals surface area contributed by atoms with E-state index in [4.69, 9.17) is 9.26 Å². The Morgan fingerprint density at radius 3 is 2.68 bits per heavy atom. The largest absolute Gasteiger partial charge is 0.481 e. The summed E-state index contributed by atoms with van der Waals surface area (Å²) in [5.41, 5.74) is 0.826. The number of amides is 1. The molecule has 0 bridgehead atoms. The lowest BCUT2D eigenvalue weighted by molar-refractivity contribution is -0.127. The fourth-order valence-electron chi connectivity index (χ4n) is 2.26. The van der Waals surface area contributed by atoms with Gasteiger partial charge in [0.1, 0.15) is 17.3 Å². The summed E-state index contributed by atoms with van der Waals surface area (Å²) in [5, 5.41) is 6.57. The Morgan fingerprint density at radius 1 is 1.20 bits per heavy atom. The summed E-state index contributed by atoms with van der Waals surface area (Å²) in [6, 6.07) is 17.0. The third kappa shape index (κ3) is 4.23. The predicted octanol–water partition coefficient (Wildman–Crippen LogP) is 3.56. The first kappa shape index (κ1) is 16.7. The van der Waals surface area contributed by atoms with Crippen molar-refractivity contribution in [2.45, 2.75) is 19.6 Å². The molecule has 0 aliphatic heterocycles. The first-order valence-electron chi connectivity index (χ1n) is 7.83. The normalized spacial score (nSPS) is 11.8. The van der Waals surface area contributed by atoms with Crippen molar-refractivity contribution in [2.75, 3.05) is 0 Å². The third-order valence-corrected chi connectivity index (χ3v) is 3.57. The van der Waals surface area contributed by atoms with Crippen LogP contribution < -0.4 is 10.1 Å². The molecule has 0 aliphatic rings. The number of halogens is 1. The first-order valence-corrected chi connectivity index (χ1v) is 7.83. The standard InChI is InChI=1S/C19H17FN2O3/c1-13(24-15-7-3-2-4-8-15)19(23)21-12-14-11-18(25-22-14)16-9-5-6-10-17(16)20/h2-11,13H,12H2,1H3,(H,21,23)/t13-/m0/s1. The Hall–Kier alpha value is -3.15. The molecule has 128 valence electrons. The second-order valence-electron chi connectivity index (χ2n) is 5.45. The second kappa shape index (κ2) is 7.61. The molecule has 25 heavy (non-hydrogen) atoms. The van der Waals surface area contributed by atoms with Crippen molar-refractivity contribution >= 4 is 5.91 Å². The van der Waals surface area contributed by atoms with Crippen molar-refractivity contribution in [1.29, 1.82) is 0 Å². The molecule has 3 aromatic rings. The number of nitrogens with zero attached hydrogens (tertiary/aromatic N) is 1. The van der Waals surface area contributed by atoms with Crippen LogP contribution >= 0.6 is 0 Å². The van der Waals surface area contributed by atoms with Gasteiger partial charge in [0.2, 0.25) is 0 Å². The molecule has 0 spiro atoms. The summed E-state index contributed by atoms with van der Waals surface area (Å²) >= 11 is 0. The van der Waals surface area contributed by atoms with Crippen molar-refractivity contribution in [2.24, 2.45) is 0 Å². The minimum absolute atomic E-state index is 0.166. The van der Waals surface area contributed by atoms with E-state index in [0.717, 1.165) is 0 Å². The zero-order chi connectivity index (χ0) is 17.6. The molecule has 1 aromatic heterocycles. The Labute approximate surface area is 144 Å². The van der Waals surface area contributed by atoms with Gasteiger partial charge in [-0.05, 0) is 31.2 Å². The average Bonchev–Trinajstić information content (AvgIpc) is 3.09. The number of benzene rings is 2. The van der Waals surface area contributed by atoms with Gasteiger partial charge in [-0.15, -0.1) is 0 Å². The molecular formula is C19H17FN2O3. The molecule has 0 aliphatic carbocycles. The van der Waals surface area contributed by atoms with Gasteiger partial charge in [0.15, 0.2) is 11.9 Å². The Kier molecular flexibility index (Phi) is 5.09. The van der Waals surface area contributed by atoms with E-state index in [-0.39, 0.29) is 18.3 Å². The molecule has 0 radical (unpaired) electrons. The van der Waals surface area contributed by atoms with Crippen molar-refractivity contribution in [3.05, 3.63) is 72.2 Å². The highest BCUT2D eigenvalue weighted by atomic mass is 19.1. The van der Waals surface area contributed by atoms with Crippen LogP contribution in [0.25, 0.3) is 11.3 Å². The van der Waals surface area contributed by atoms with Crippen molar-refractivity contribution < 1.29 is 18.4 Å². The first-order chi connectivity index (χ1) is 12.1. The summed E-state index contributed by atoms with van der Waals surface area (Å²) in [6.07, 6.45) is -0.652. The molecule has 0 saturated heterocycles. The molecule has 1 atom stereocenters. The lowest BCUT2D eigenvalue weighted by Gasteiger charge is -2.13. The van der Waals surface area contributed by atoms with E-state index in [9.17, 15) is 9.18 Å². The van der Waals surface area contributed by atoms with Crippen molar-refractivity contribution in [1.82, 2.24) is 10.5 Å². The molecule has 1 N–H and O–H groups in total. The number of ether oxygens (including phenoxy) is 1. The molecule has 5 nitrogen and oxygen atoms in total. The van der Waals surface area contributed by atoms with Crippen LogP contribution in [-0.4, -0.2) is 17.2 Å². The summed E-state index contributed by atoms with van der Waals surface area (Å²) in [7, 11) is 0. The van der Waals surface area contributed by atoms with E-state index in [1.54, 1.807) is 43.3 Å². The van der Waals surface area contributed by atoms with Gasteiger partial charge in [-0.2, -0.15) is 0 Å². The lowest BCUT2D eigenvalue weighted by Crippen LogP contribution is -2.35. The van der Waals surface area contributed by atoms with Crippen molar-refractivity contribution in [3.63, 3.8) is 0 Å². The topological polar surface area (TPSA) is 64.4 Å². The molecular weight excluding hydrogens is 323 g/mol. The van der Waals surface area contributed by atoms with Crippen LogP contribution in [-0.2, 0) is 11.3 Å². The number of carbonyl (C=O) groups is 1. The average molecular weight is 340 g/mol. The third-order valence-electron chi connectivity index (χ3n) is 3.57. The molecule has 1 heterocycles. The number of para-hydroxylation sites is 1. The van der Waals surface area contributed by atoms with Gasteiger partial charge >= 0.3 is 0 Å². The van der Waals surface area contributed by atoms with Gasteiger partial charge < -0.3 is 14.6 Å². The minimum Gasteiger partial charge on any atom is -0.481 e. The van der Waals surface area contributed by atoms with Crippen LogP contribution in [0.1, 0.15) is 12.6 Å². The molecule has 0 fully saturated rings. The van der Waals surface area contributed by atoms with Gasteiger partial charge in [-0.3, -0.25) is 4.79 Å². The predicted molar refractivity (Wildman–Crippen MR) is 90.3 cm³/mol. The van der Waals surface area contributed by atoms with Crippen LogP contribution in [0.2, 0.25) is 0 Å². The highest BCUT2D eigenvalue weighted by Crippen LogP contribution is 2.23. The maximum absolute atomic E-state index is 13.7.